The smallest absolute Gasteiger partial charge is 0.194 e. The molecule has 0 aliphatic heterocycles. The summed E-state index contributed by atoms with van der Waals surface area (Å²) in [4.78, 5) is 12.0. The lowest BCUT2D eigenvalue weighted by molar-refractivity contribution is 0.103. The minimum atomic E-state index is -0.00907. The van der Waals surface area contributed by atoms with E-state index in [2.05, 4.69) is 17.1 Å². The molecule has 3 heteroatoms. The summed E-state index contributed by atoms with van der Waals surface area (Å²) < 4.78 is 0. The molecule has 0 spiro atoms. The molecule has 1 aromatic heterocycles. The SMILES string of the molecule is CCc1cccc(C(=O)c2ccnnc2)c1. The number of rotatable bonds is 3. The number of carbonyl (C=O) groups excluding carboxylic acids is 1. The van der Waals surface area contributed by atoms with Gasteiger partial charge in [-0.25, -0.2) is 0 Å². The second-order valence-corrected chi connectivity index (χ2v) is 3.51. The van der Waals surface area contributed by atoms with E-state index < -0.39 is 0 Å². The molecule has 0 atom stereocenters. The van der Waals surface area contributed by atoms with E-state index in [0.717, 1.165) is 12.0 Å². The number of carbonyl (C=O) groups is 1. The van der Waals surface area contributed by atoms with Crippen molar-refractivity contribution in [3.8, 4) is 0 Å². The highest BCUT2D eigenvalue weighted by Crippen LogP contribution is 2.11. The molecule has 0 aliphatic carbocycles. The molecular formula is C13H12N2O. The van der Waals surface area contributed by atoms with Gasteiger partial charge in [0.2, 0.25) is 0 Å². The number of ketones is 1. The van der Waals surface area contributed by atoms with Gasteiger partial charge in [-0.15, -0.1) is 0 Å². The fourth-order valence-electron chi connectivity index (χ4n) is 1.52. The Morgan fingerprint density at radius 1 is 1.19 bits per heavy atom. The first-order valence-corrected chi connectivity index (χ1v) is 5.21. The van der Waals surface area contributed by atoms with E-state index in [1.54, 1.807) is 6.07 Å². The van der Waals surface area contributed by atoms with Crippen molar-refractivity contribution in [1.29, 1.82) is 0 Å². The largest absolute Gasteiger partial charge is 0.289 e. The predicted octanol–water partition coefficient (Wildman–Crippen LogP) is 2.27. The summed E-state index contributed by atoms with van der Waals surface area (Å²) in [7, 11) is 0. The van der Waals surface area contributed by atoms with E-state index in [4.69, 9.17) is 0 Å². The number of hydrogen-bond acceptors (Lipinski definition) is 3. The van der Waals surface area contributed by atoms with E-state index in [9.17, 15) is 4.79 Å². The Bertz CT molecular complexity index is 494. The maximum absolute atomic E-state index is 12.0. The van der Waals surface area contributed by atoms with E-state index in [-0.39, 0.29) is 5.78 Å². The topological polar surface area (TPSA) is 42.9 Å². The van der Waals surface area contributed by atoms with Crippen molar-refractivity contribution in [3.05, 3.63) is 59.4 Å². The third kappa shape index (κ3) is 2.14. The Balaban J connectivity index is 2.34. The van der Waals surface area contributed by atoms with Gasteiger partial charge in [0.15, 0.2) is 5.78 Å². The number of hydrogen-bond donors (Lipinski definition) is 0. The fourth-order valence-corrected chi connectivity index (χ4v) is 1.52. The van der Waals surface area contributed by atoms with E-state index in [1.807, 2.05) is 24.3 Å². The molecule has 0 amide bonds. The summed E-state index contributed by atoms with van der Waals surface area (Å²) in [6.07, 6.45) is 3.94. The van der Waals surface area contributed by atoms with Crippen LogP contribution in [0.25, 0.3) is 0 Å². The van der Waals surface area contributed by atoms with Crippen LogP contribution in [0.1, 0.15) is 28.4 Å². The van der Waals surface area contributed by atoms with Crippen LogP contribution in [0.15, 0.2) is 42.7 Å². The number of aryl methyl sites for hydroxylation is 1. The first kappa shape index (κ1) is 10.5. The Morgan fingerprint density at radius 2 is 2.06 bits per heavy atom. The zero-order valence-corrected chi connectivity index (χ0v) is 9.05. The molecule has 1 heterocycles. The molecule has 1 aromatic carbocycles. The highest BCUT2D eigenvalue weighted by atomic mass is 16.1. The van der Waals surface area contributed by atoms with Crippen LogP contribution in [-0.2, 0) is 6.42 Å². The first-order valence-electron chi connectivity index (χ1n) is 5.21. The van der Waals surface area contributed by atoms with Crippen LogP contribution in [0.3, 0.4) is 0 Å². The maximum atomic E-state index is 12.0. The minimum absolute atomic E-state index is 0.00907. The van der Waals surface area contributed by atoms with Crippen molar-refractivity contribution in [2.24, 2.45) is 0 Å². The summed E-state index contributed by atoms with van der Waals surface area (Å²) in [5, 5.41) is 7.36. The quantitative estimate of drug-likeness (QED) is 0.733. The van der Waals surface area contributed by atoms with E-state index in [1.165, 1.54) is 12.4 Å². The van der Waals surface area contributed by atoms with Crippen LogP contribution in [0, 0.1) is 0 Å². The fraction of sp³-hybridized carbons (Fsp3) is 0.154. The van der Waals surface area contributed by atoms with Gasteiger partial charge in [0, 0.05) is 11.1 Å². The van der Waals surface area contributed by atoms with Crippen molar-refractivity contribution in [2.45, 2.75) is 13.3 Å². The van der Waals surface area contributed by atoms with E-state index >= 15 is 0 Å². The average Bonchev–Trinajstić information content (AvgIpc) is 2.39. The molecular weight excluding hydrogens is 200 g/mol. The zero-order chi connectivity index (χ0) is 11.4. The first-order chi connectivity index (χ1) is 7.81. The van der Waals surface area contributed by atoms with Crippen LogP contribution in [0.5, 0.6) is 0 Å². The lowest BCUT2D eigenvalue weighted by Gasteiger charge is -2.02. The molecule has 0 radical (unpaired) electrons. The van der Waals surface area contributed by atoms with Gasteiger partial charge >= 0.3 is 0 Å². The molecule has 0 saturated heterocycles. The number of nitrogens with zero attached hydrogens (tertiary/aromatic N) is 2. The summed E-state index contributed by atoms with van der Waals surface area (Å²) >= 11 is 0. The van der Waals surface area contributed by atoms with Gasteiger partial charge in [0.05, 0.1) is 12.4 Å². The summed E-state index contributed by atoms with van der Waals surface area (Å²) in [6.45, 7) is 2.07. The third-order valence-corrected chi connectivity index (χ3v) is 2.44. The molecule has 0 aliphatic rings. The minimum Gasteiger partial charge on any atom is -0.289 e. The Kier molecular flexibility index (Phi) is 3.05. The molecule has 0 bridgehead atoms. The molecule has 0 saturated carbocycles. The average molecular weight is 212 g/mol. The Morgan fingerprint density at radius 3 is 2.75 bits per heavy atom. The Hall–Kier alpha value is -2.03. The van der Waals surface area contributed by atoms with Gasteiger partial charge in [-0.1, -0.05) is 25.1 Å². The monoisotopic (exact) mass is 212 g/mol. The van der Waals surface area contributed by atoms with Gasteiger partial charge in [-0.3, -0.25) is 4.79 Å². The van der Waals surface area contributed by atoms with Gasteiger partial charge in [0.1, 0.15) is 0 Å². The van der Waals surface area contributed by atoms with Crippen molar-refractivity contribution < 1.29 is 4.79 Å². The summed E-state index contributed by atoms with van der Waals surface area (Å²) in [6, 6.07) is 9.33. The molecule has 2 aromatic rings. The van der Waals surface area contributed by atoms with Gasteiger partial charge < -0.3 is 0 Å². The van der Waals surface area contributed by atoms with Gasteiger partial charge in [0.25, 0.3) is 0 Å². The Labute approximate surface area is 94.2 Å². The standard InChI is InChI=1S/C13H12N2O/c1-2-10-4-3-5-11(8-10)13(16)12-6-7-14-15-9-12/h3-9H,2H2,1H3. The molecule has 16 heavy (non-hydrogen) atoms. The van der Waals surface area contributed by atoms with Crippen LogP contribution in [0.4, 0.5) is 0 Å². The van der Waals surface area contributed by atoms with E-state index in [0.29, 0.717) is 11.1 Å². The summed E-state index contributed by atoms with van der Waals surface area (Å²) in [5.74, 6) is -0.00907. The lowest BCUT2D eigenvalue weighted by Crippen LogP contribution is -2.02. The van der Waals surface area contributed by atoms with Crippen LogP contribution < -0.4 is 0 Å². The van der Waals surface area contributed by atoms with Gasteiger partial charge in [-0.2, -0.15) is 10.2 Å². The lowest BCUT2D eigenvalue weighted by atomic mass is 10.0. The van der Waals surface area contributed by atoms with Crippen LogP contribution in [-0.4, -0.2) is 16.0 Å². The molecule has 0 N–H and O–H groups in total. The molecule has 0 fully saturated rings. The van der Waals surface area contributed by atoms with Gasteiger partial charge in [-0.05, 0) is 24.1 Å². The normalized spacial score (nSPS) is 10.1. The highest BCUT2D eigenvalue weighted by molar-refractivity contribution is 6.08. The third-order valence-electron chi connectivity index (χ3n) is 2.44. The van der Waals surface area contributed by atoms with Crippen LogP contribution in [0.2, 0.25) is 0 Å². The second kappa shape index (κ2) is 4.66. The van der Waals surface area contributed by atoms with Crippen molar-refractivity contribution >= 4 is 5.78 Å². The number of benzene rings is 1. The molecule has 2 rings (SSSR count). The number of aromatic nitrogens is 2. The maximum Gasteiger partial charge on any atom is 0.194 e. The predicted molar refractivity (Wildman–Crippen MR) is 61.3 cm³/mol. The molecule has 0 unspecified atom stereocenters. The summed E-state index contributed by atoms with van der Waals surface area (Å²) in [5.41, 5.74) is 2.43. The van der Waals surface area contributed by atoms with Crippen molar-refractivity contribution in [1.82, 2.24) is 10.2 Å². The molecule has 3 nitrogen and oxygen atoms in total. The van der Waals surface area contributed by atoms with Crippen molar-refractivity contribution in [2.75, 3.05) is 0 Å². The highest BCUT2D eigenvalue weighted by Gasteiger charge is 2.08. The molecule has 80 valence electrons. The van der Waals surface area contributed by atoms with Crippen molar-refractivity contribution in [3.63, 3.8) is 0 Å². The second-order valence-electron chi connectivity index (χ2n) is 3.51. The van der Waals surface area contributed by atoms with Crippen LogP contribution >= 0.6 is 0 Å². The zero-order valence-electron chi connectivity index (χ0n) is 9.05.